The minimum atomic E-state index is 0.0870. The molecule has 1 aliphatic rings. The lowest BCUT2D eigenvalue weighted by atomic mass is 10.1. The quantitative estimate of drug-likeness (QED) is 0.738. The Morgan fingerprint density at radius 3 is 2.74 bits per heavy atom. The van der Waals surface area contributed by atoms with Crippen LogP contribution < -0.4 is 4.74 Å². The lowest BCUT2D eigenvalue weighted by Gasteiger charge is -2.08. The first kappa shape index (κ1) is 13.0. The van der Waals surface area contributed by atoms with Crippen molar-refractivity contribution in [3.63, 3.8) is 0 Å². The summed E-state index contributed by atoms with van der Waals surface area (Å²) < 4.78 is 5.17. The van der Waals surface area contributed by atoms with Crippen molar-refractivity contribution in [3.8, 4) is 5.75 Å². The normalized spacial score (nSPS) is 15.3. The van der Waals surface area contributed by atoms with Crippen LogP contribution in [0.15, 0.2) is 30.3 Å². The number of halogens is 1. The van der Waals surface area contributed by atoms with Gasteiger partial charge in [-0.15, -0.1) is 22.9 Å². The van der Waals surface area contributed by atoms with E-state index in [9.17, 15) is 0 Å². The van der Waals surface area contributed by atoms with Crippen LogP contribution in [0.1, 0.15) is 32.7 Å². The molecule has 0 bridgehead atoms. The number of hydrogen-bond donors (Lipinski definition) is 0. The molecule has 0 fully saturated rings. The van der Waals surface area contributed by atoms with Gasteiger partial charge in [0.05, 0.1) is 12.5 Å². The molecule has 1 heterocycles. The minimum absolute atomic E-state index is 0.0870. The fourth-order valence-corrected chi connectivity index (χ4v) is 4.19. The monoisotopic (exact) mass is 292 g/mol. The molecule has 1 unspecified atom stereocenters. The lowest BCUT2D eigenvalue weighted by molar-refractivity contribution is 0.414. The summed E-state index contributed by atoms with van der Waals surface area (Å²) >= 11 is 8.46. The maximum absolute atomic E-state index is 6.56. The van der Waals surface area contributed by atoms with Gasteiger partial charge < -0.3 is 4.74 Å². The van der Waals surface area contributed by atoms with Crippen LogP contribution in [0.4, 0.5) is 0 Å². The Balaban J connectivity index is 1.70. The van der Waals surface area contributed by atoms with Crippen molar-refractivity contribution in [3.05, 3.63) is 51.2 Å². The standard InChI is InChI=1S/C16H17ClOS/c1-18-13-7-5-11(6-8-13)9-14(17)16-10-12-3-2-4-15(12)19-16/h5-8,10,14H,2-4,9H2,1H3. The molecule has 3 heteroatoms. The van der Waals surface area contributed by atoms with E-state index in [0.717, 1.165) is 12.2 Å². The van der Waals surface area contributed by atoms with Crippen LogP contribution in [-0.4, -0.2) is 7.11 Å². The highest BCUT2D eigenvalue weighted by Crippen LogP contribution is 2.37. The Morgan fingerprint density at radius 2 is 2.05 bits per heavy atom. The van der Waals surface area contributed by atoms with Crippen molar-refractivity contribution in [1.82, 2.24) is 0 Å². The molecule has 0 aliphatic heterocycles. The number of aryl methyl sites for hydroxylation is 2. The summed E-state index contributed by atoms with van der Waals surface area (Å²) in [5.41, 5.74) is 2.79. The molecule has 1 atom stereocenters. The molecule has 0 saturated heterocycles. The van der Waals surface area contributed by atoms with Crippen LogP contribution in [0.3, 0.4) is 0 Å². The van der Waals surface area contributed by atoms with Gasteiger partial charge >= 0.3 is 0 Å². The topological polar surface area (TPSA) is 9.23 Å². The first-order chi connectivity index (χ1) is 9.26. The van der Waals surface area contributed by atoms with E-state index >= 15 is 0 Å². The van der Waals surface area contributed by atoms with Crippen LogP contribution in [-0.2, 0) is 19.3 Å². The number of hydrogen-bond acceptors (Lipinski definition) is 2. The second kappa shape index (κ2) is 5.56. The molecule has 0 radical (unpaired) electrons. The van der Waals surface area contributed by atoms with Gasteiger partial charge in [0.2, 0.25) is 0 Å². The summed E-state index contributed by atoms with van der Waals surface area (Å²) in [4.78, 5) is 2.87. The first-order valence-electron chi connectivity index (χ1n) is 6.65. The molecule has 0 amide bonds. The maximum Gasteiger partial charge on any atom is 0.118 e. The Bertz CT molecular complexity index is 537. The Morgan fingerprint density at radius 1 is 1.26 bits per heavy atom. The summed E-state index contributed by atoms with van der Waals surface area (Å²) in [6.07, 6.45) is 4.67. The number of thiophene rings is 1. The number of benzene rings is 1. The Labute approximate surface area is 123 Å². The van der Waals surface area contributed by atoms with Crippen LogP contribution in [0.25, 0.3) is 0 Å². The predicted octanol–water partition coefficient (Wildman–Crippen LogP) is 4.77. The molecule has 100 valence electrons. The van der Waals surface area contributed by atoms with Crippen LogP contribution in [0.2, 0.25) is 0 Å². The van der Waals surface area contributed by atoms with Crippen molar-refractivity contribution >= 4 is 22.9 Å². The number of ether oxygens (including phenoxy) is 1. The molecule has 0 spiro atoms. The molecule has 1 nitrogen and oxygen atoms in total. The van der Waals surface area contributed by atoms with Crippen molar-refractivity contribution in [1.29, 1.82) is 0 Å². The van der Waals surface area contributed by atoms with Gasteiger partial charge in [0.25, 0.3) is 0 Å². The third-order valence-corrected chi connectivity index (χ3v) is 5.52. The summed E-state index contributed by atoms with van der Waals surface area (Å²) in [5, 5.41) is 0.0870. The summed E-state index contributed by atoms with van der Waals surface area (Å²) in [5.74, 6) is 0.893. The first-order valence-corrected chi connectivity index (χ1v) is 7.90. The van der Waals surface area contributed by atoms with E-state index in [0.29, 0.717) is 0 Å². The van der Waals surface area contributed by atoms with Gasteiger partial charge in [-0.25, -0.2) is 0 Å². The second-order valence-electron chi connectivity index (χ2n) is 4.97. The summed E-state index contributed by atoms with van der Waals surface area (Å²) in [6, 6.07) is 10.5. The molecule has 1 aromatic heterocycles. The number of alkyl halides is 1. The average Bonchev–Trinajstić information content (AvgIpc) is 3.00. The number of rotatable bonds is 4. The molecule has 2 aromatic rings. The van der Waals surface area contributed by atoms with Crippen molar-refractivity contribution in [2.75, 3.05) is 7.11 Å². The van der Waals surface area contributed by atoms with Crippen molar-refractivity contribution in [2.45, 2.75) is 31.1 Å². The maximum atomic E-state index is 6.56. The van der Waals surface area contributed by atoms with Gasteiger partial charge in [0, 0.05) is 9.75 Å². The lowest BCUT2D eigenvalue weighted by Crippen LogP contribution is -1.94. The predicted molar refractivity (Wildman–Crippen MR) is 81.6 cm³/mol. The molecule has 19 heavy (non-hydrogen) atoms. The highest BCUT2D eigenvalue weighted by Gasteiger charge is 2.19. The van der Waals surface area contributed by atoms with Gasteiger partial charge in [0.15, 0.2) is 0 Å². The zero-order chi connectivity index (χ0) is 13.2. The molecule has 1 aromatic carbocycles. The zero-order valence-corrected chi connectivity index (χ0v) is 12.6. The van der Waals surface area contributed by atoms with Crippen LogP contribution in [0.5, 0.6) is 5.75 Å². The van der Waals surface area contributed by atoms with E-state index in [1.54, 1.807) is 12.0 Å². The van der Waals surface area contributed by atoms with Gasteiger partial charge in [-0.05, 0) is 55.0 Å². The number of methoxy groups -OCH3 is 1. The molecular weight excluding hydrogens is 276 g/mol. The van der Waals surface area contributed by atoms with Gasteiger partial charge in [0.1, 0.15) is 5.75 Å². The smallest absolute Gasteiger partial charge is 0.118 e. The van der Waals surface area contributed by atoms with Gasteiger partial charge in [-0.2, -0.15) is 0 Å². The van der Waals surface area contributed by atoms with Gasteiger partial charge in [-0.3, -0.25) is 0 Å². The van der Waals surface area contributed by atoms with E-state index < -0.39 is 0 Å². The number of fused-ring (bicyclic) bond motifs is 1. The Hall–Kier alpha value is -0.990. The molecule has 3 rings (SSSR count). The van der Waals surface area contributed by atoms with E-state index in [-0.39, 0.29) is 5.38 Å². The van der Waals surface area contributed by atoms with E-state index in [1.807, 2.05) is 23.5 Å². The van der Waals surface area contributed by atoms with Crippen LogP contribution in [0, 0.1) is 0 Å². The van der Waals surface area contributed by atoms with E-state index in [2.05, 4.69) is 18.2 Å². The molecular formula is C16H17ClOS. The van der Waals surface area contributed by atoms with Crippen molar-refractivity contribution in [2.24, 2.45) is 0 Å². The summed E-state index contributed by atoms with van der Waals surface area (Å²) in [6.45, 7) is 0. The third-order valence-electron chi connectivity index (χ3n) is 3.65. The Kier molecular flexibility index (Phi) is 3.81. The van der Waals surface area contributed by atoms with Gasteiger partial charge in [-0.1, -0.05) is 12.1 Å². The fourth-order valence-electron chi connectivity index (χ4n) is 2.58. The third kappa shape index (κ3) is 2.80. The average molecular weight is 293 g/mol. The van der Waals surface area contributed by atoms with Crippen molar-refractivity contribution < 1.29 is 4.74 Å². The second-order valence-corrected chi connectivity index (χ2v) is 6.67. The highest BCUT2D eigenvalue weighted by atomic mass is 35.5. The molecule has 0 saturated carbocycles. The van der Waals surface area contributed by atoms with E-state index in [1.165, 1.54) is 35.3 Å². The largest absolute Gasteiger partial charge is 0.497 e. The minimum Gasteiger partial charge on any atom is -0.497 e. The molecule has 0 N–H and O–H groups in total. The molecule has 1 aliphatic carbocycles. The fraction of sp³-hybridized carbons (Fsp3) is 0.375. The zero-order valence-electron chi connectivity index (χ0n) is 11.0. The SMILES string of the molecule is COc1ccc(CC(Cl)c2cc3c(s2)CCC3)cc1. The summed E-state index contributed by atoms with van der Waals surface area (Å²) in [7, 11) is 1.69. The highest BCUT2D eigenvalue weighted by molar-refractivity contribution is 7.12. The van der Waals surface area contributed by atoms with Crippen LogP contribution >= 0.6 is 22.9 Å². The van der Waals surface area contributed by atoms with E-state index in [4.69, 9.17) is 16.3 Å².